The van der Waals surface area contributed by atoms with Crippen molar-refractivity contribution in [1.29, 1.82) is 0 Å². The lowest BCUT2D eigenvalue weighted by Gasteiger charge is -2.25. The number of carbonyl (C=O) groups excluding carboxylic acids is 2. The number of thiazole rings is 1. The molecule has 27 heavy (non-hydrogen) atoms. The van der Waals surface area contributed by atoms with Crippen molar-refractivity contribution < 1.29 is 14.3 Å². The lowest BCUT2D eigenvalue weighted by Crippen LogP contribution is -2.43. The smallest absolute Gasteiger partial charge is 0.273 e. The lowest BCUT2D eigenvalue weighted by atomic mass is 9.85. The summed E-state index contributed by atoms with van der Waals surface area (Å²) in [7, 11) is 0. The van der Waals surface area contributed by atoms with Crippen molar-refractivity contribution in [3.05, 3.63) is 47.5 Å². The van der Waals surface area contributed by atoms with Gasteiger partial charge in [-0.05, 0) is 24.3 Å². The van der Waals surface area contributed by atoms with E-state index in [0.717, 1.165) is 5.56 Å². The lowest BCUT2D eigenvalue weighted by molar-refractivity contribution is -0.129. The van der Waals surface area contributed by atoms with Gasteiger partial charge in [0.15, 0.2) is 5.78 Å². The van der Waals surface area contributed by atoms with Crippen LogP contribution in [0.2, 0.25) is 0 Å². The first kappa shape index (κ1) is 21.1. The largest absolute Gasteiger partial charge is 0.470 e. The van der Waals surface area contributed by atoms with E-state index in [4.69, 9.17) is 4.74 Å². The van der Waals surface area contributed by atoms with E-state index in [1.165, 1.54) is 11.3 Å². The van der Waals surface area contributed by atoms with Crippen LogP contribution in [0.1, 0.15) is 51.5 Å². The van der Waals surface area contributed by atoms with Gasteiger partial charge in [-0.15, -0.1) is 0 Å². The number of carbonyl (C=O) groups is 2. The van der Waals surface area contributed by atoms with Gasteiger partial charge >= 0.3 is 0 Å². The average molecular weight is 389 g/mol. The maximum absolute atomic E-state index is 13.3. The average Bonchev–Trinajstić information content (AvgIpc) is 3.18. The van der Waals surface area contributed by atoms with Crippen molar-refractivity contribution >= 4 is 23.0 Å². The molecule has 0 saturated carbocycles. The standard InChI is InChI=1S/C21H28N2O3S/c1-4-19(24)23-18(14-15(2)3)20(25)17(16-8-6-5-7-9-16)10-12-26-21-22-11-13-27-21/h5-9,11,13,15,17-18H,4,10,12,14H2,1-3H3,(H,23,24)/t17?,18-/m1/s1. The fourth-order valence-electron chi connectivity index (χ4n) is 2.96. The number of ether oxygens (including phenoxy) is 1. The molecule has 1 aromatic carbocycles. The van der Waals surface area contributed by atoms with Crippen LogP contribution in [-0.2, 0) is 9.59 Å². The first-order valence-corrected chi connectivity index (χ1v) is 10.3. The van der Waals surface area contributed by atoms with E-state index in [2.05, 4.69) is 24.1 Å². The van der Waals surface area contributed by atoms with Crippen molar-refractivity contribution in [1.82, 2.24) is 10.3 Å². The Morgan fingerprint density at radius 3 is 2.56 bits per heavy atom. The molecule has 5 nitrogen and oxygen atoms in total. The Balaban J connectivity index is 2.15. The topological polar surface area (TPSA) is 68.3 Å². The van der Waals surface area contributed by atoms with Gasteiger partial charge in [-0.2, -0.15) is 0 Å². The van der Waals surface area contributed by atoms with E-state index in [1.807, 2.05) is 35.7 Å². The monoisotopic (exact) mass is 388 g/mol. The molecular weight excluding hydrogens is 360 g/mol. The van der Waals surface area contributed by atoms with E-state index < -0.39 is 6.04 Å². The van der Waals surface area contributed by atoms with Crippen LogP contribution >= 0.6 is 11.3 Å². The van der Waals surface area contributed by atoms with Crippen molar-refractivity contribution in [3.63, 3.8) is 0 Å². The van der Waals surface area contributed by atoms with Crippen LogP contribution in [0.3, 0.4) is 0 Å². The van der Waals surface area contributed by atoms with Crippen LogP contribution in [0, 0.1) is 5.92 Å². The van der Waals surface area contributed by atoms with Gasteiger partial charge in [0.05, 0.1) is 12.6 Å². The zero-order valence-electron chi connectivity index (χ0n) is 16.2. The fourth-order valence-corrected chi connectivity index (χ4v) is 3.47. The number of nitrogens with zero attached hydrogens (tertiary/aromatic N) is 1. The van der Waals surface area contributed by atoms with Crippen molar-refractivity contribution in [2.24, 2.45) is 5.92 Å². The van der Waals surface area contributed by atoms with Crippen LogP contribution < -0.4 is 10.1 Å². The Kier molecular flexibility index (Phi) is 8.45. The molecule has 1 amide bonds. The molecule has 2 rings (SSSR count). The molecule has 2 aromatic rings. The van der Waals surface area contributed by atoms with Crippen molar-refractivity contribution in [2.45, 2.75) is 52.0 Å². The zero-order valence-corrected chi connectivity index (χ0v) is 17.0. The summed E-state index contributed by atoms with van der Waals surface area (Å²) in [5, 5.41) is 5.37. The van der Waals surface area contributed by atoms with Gasteiger partial charge in [0.2, 0.25) is 5.91 Å². The number of aromatic nitrogens is 1. The molecule has 0 fully saturated rings. The summed E-state index contributed by atoms with van der Waals surface area (Å²) in [4.78, 5) is 29.4. The molecule has 0 saturated heterocycles. The Bertz CT molecular complexity index is 701. The molecule has 1 aromatic heterocycles. The number of Topliss-reactive ketones (excluding diaryl/α,β-unsaturated/α-hetero) is 1. The highest BCUT2D eigenvalue weighted by molar-refractivity contribution is 7.11. The molecule has 2 atom stereocenters. The maximum atomic E-state index is 13.3. The first-order valence-electron chi connectivity index (χ1n) is 9.41. The van der Waals surface area contributed by atoms with Crippen molar-refractivity contribution in [3.8, 4) is 5.19 Å². The second-order valence-corrected chi connectivity index (χ2v) is 7.76. The van der Waals surface area contributed by atoms with E-state index >= 15 is 0 Å². The normalized spacial score (nSPS) is 13.2. The minimum Gasteiger partial charge on any atom is -0.470 e. The number of ketones is 1. The number of benzene rings is 1. The minimum absolute atomic E-state index is 0.0411. The second-order valence-electron chi connectivity index (χ2n) is 6.90. The van der Waals surface area contributed by atoms with Crippen LogP contribution in [0.25, 0.3) is 0 Å². The molecule has 0 aliphatic heterocycles. The molecule has 0 bridgehead atoms. The summed E-state index contributed by atoms with van der Waals surface area (Å²) >= 11 is 1.43. The molecule has 0 aliphatic rings. The van der Waals surface area contributed by atoms with Gasteiger partial charge in [-0.3, -0.25) is 9.59 Å². The summed E-state index contributed by atoms with van der Waals surface area (Å²) in [5.74, 6) is -0.0783. The number of hydrogen-bond acceptors (Lipinski definition) is 5. The Morgan fingerprint density at radius 1 is 1.22 bits per heavy atom. The van der Waals surface area contributed by atoms with E-state index in [9.17, 15) is 9.59 Å². The summed E-state index contributed by atoms with van der Waals surface area (Å²) in [5.41, 5.74) is 0.949. The second kappa shape index (κ2) is 10.8. The number of hydrogen-bond donors (Lipinski definition) is 1. The highest BCUT2D eigenvalue weighted by Crippen LogP contribution is 2.25. The molecule has 146 valence electrons. The third kappa shape index (κ3) is 6.79. The van der Waals surface area contributed by atoms with E-state index in [1.54, 1.807) is 13.1 Å². The molecule has 0 aliphatic carbocycles. The number of nitrogens with one attached hydrogen (secondary N) is 1. The first-order chi connectivity index (χ1) is 13.0. The van der Waals surface area contributed by atoms with Crippen LogP contribution in [0.4, 0.5) is 0 Å². The molecule has 6 heteroatoms. The quantitative estimate of drug-likeness (QED) is 0.626. The highest BCUT2D eigenvalue weighted by atomic mass is 32.1. The number of rotatable bonds is 11. The van der Waals surface area contributed by atoms with Crippen LogP contribution in [0.5, 0.6) is 5.19 Å². The third-order valence-corrected chi connectivity index (χ3v) is 4.98. The van der Waals surface area contributed by atoms with Crippen molar-refractivity contribution in [2.75, 3.05) is 6.61 Å². The summed E-state index contributed by atoms with van der Waals surface area (Å²) in [6.07, 6.45) is 3.23. The van der Waals surface area contributed by atoms with Gasteiger partial charge in [0, 0.05) is 23.9 Å². The molecule has 0 spiro atoms. The minimum atomic E-state index is -0.484. The third-order valence-electron chi connectivity index (χ3n) is 4.29. The molecule has 1 heterocycles. The van der Waals surface area contributed by atoms with Gasteiger partial charge in [-0.1, -0.05) is 62.4 Å². The predicted molar refractivity (Wildman–Crippen MR) is 108 cm³/mol. The maximum Gasteiger partial charge on any atom is 0.273 e. The molecule has 1 N–H and O–H groups in total. The van der Waals surface area contributed by atoms with Gasteiger partial charge < -0.3 is 10.1 Å². The van der Waals surface area contributed by atoms with E-state index in [-0.39, 0.29) is 17.6 Å². The highest BCUT2D eigenvalue weighted by Gasteiger charge is 2.29. The van der Waals surface area contributed by atoms with Gasteiger partial charge in [-0.25, -0.2) is 4.98 Å². The summed E-state index contributed by atoms with van der Waals surface area (Å²) < 4.78 is 5.68. The number of amides is 1. The van der Waals surface area contributed by atoms with Crippen LogP contribution in [-0.4, -0.2) is 29.3 Å². The van der Waals surface area contributed by atoms with E-state index in [0.29, 0.717) is 37.0 Å². The zero-order chi connectivity index (χ0) is 19.6. The Labute approximate surface area is 165 Å². The fraction of sp³-hybridized carbons (Fsp3) is 0.476. The summed E-state index contributed by atoms with van der Waals surface area (Å²) in [6, 6.07) is 9.22. The molecule has 1 unspecified atom stereocenters. The molecule has 0 radical (unpaired) electrons. The van der Waals surface area contributed by atoms with Gasteiger partial charge in [0.1, 0.15) is 0 Å². The summed E-state index contributed by atoms with van der Waals surface area (Å²) in [6.45, 7) is 6.31. The SMILES string of the molecule is CCC(=O)N[C@H](CC(C)C)C(=O)C(CCOc1nccs1)c1ccccc1. The molecular formula is C21H28N2O3S. The van der Waals surface area contributed by atoms with Gasteiger partial charge in [0.25, 0.3) is 5.19 Å². The van der Waals surface area contributed by atoms with Crippen LogP contribution in [0.15, 0.2) is 41.9 Å². The Hall–Kier alpha value is -2.21. The predicted octanol–water partition coefficient (Wildman–Crippen LogP) is 4.21. The Morgan fingerprint density at radius 2 is 1.96 bits per heavy atom.